The van der Waals surface area contributed by atoms with Crippen LogP contribution in [0, 0.1) is 0 Å². The van der Waals surface area contributed by atoms with Gasteiger partial charge in [-0.05, 0) is 43.4 Å². The second-order valence-corrected chi connectivity index (χ2v) is 9.43. The summed E-state index contributed by atoms with van der Waals surface area (Å²) in [7, 11) is 0. The van der Waals surface area contributed by atoms with E-state index >= 15 is 0 Å². The van der Waals surface area contributed by atoms with Crippen molar-refractivity contribution in [1.29, 1.82) is 0 Å². The number of amides is 1. The fourth-order valence-corrected chi connectivity index (χ4v) is 4.40. The van der Waals surface area contributed by atoms with Crippen molar-refractivity contribution in [2.45, 2.75) is 63.9 Å². The van der Waals surface area contributed by atoms with E-state index in [1.807, 2.05) is 54.6 Å². The van der Waals surface area contributed by atoms with Crippen molar-refractivity contribution in [1.82, 2.24) is 10.2 Å². The smallest absolute Gasteiger partial charge is 0.326 e. The lowest BCUT2D eigenvalue weighted by Gasteiger charge is -2.36. The Morgan fingerprint density at radius 2 is 1.78 bits per heavy atom. The van der Waals surface area contributed by atoms with Gasteiger partial charge >= 0.3 is 11.9 Å². The average molecular weight is 531 g/mol. The lowest BCUT2D eigenvalue weighted by molar-refractivity contribution is -0.153. The van der Waals surface area contributed by atoms with Gasteiger partial charge in [0.25, 0.3) is 0 Å². The Morgan fingerprint density at radius 1 is 1.14 bits per heavy atom. The van der Waals surface area contributed by atoms with E-state index in [0.29, 0.717) is 24.8 Å². The topological polar surface area (TPSA) is 108 Å². The summed E-state index contributed by atoms with van der Waals surface area (Å²) in [6.07, 6.45) is 1.77. The summed E-state index contributed by atoms with van der Waals surface area (Å²) in [4.78, 5) is 39.1. The van der Waals surface area contributed by atoms with Crippen LogP contribution in [0.3, 0.4) is 0 Å². The third-order valence-electron chi connectivity index (χ3n) is 6.35. The normalized spacial score (nSPS) is 19.5. The molecule has 1 unspecified atom stereocenters. The van der Waals surface area contributed by atoms with Crippen LogP contribution < -0.4 is 5.32 Å². The molecule has 1 fully saturated rings. The molecule has 0 aromatic heterocycles. The van der Waals surface area contributed by atoms with E-state index in [1.54, 1.807) is 13.8 Å². The first-order valence-corrected chi connectivity index (χ1v) is 13.1. The number of carboxylic acids is 1. The van der Waals surface area contributed by atoms with E-state index in [1.165, 1.54) is 4.90 Å². The van der Waals surface area contributed by atoms with Gasteiger partial charge in [-0.3, -0.25) is 14.9 Å². The Kier molecular flexibility index (Phi) is 10.9. The van der Waals surface area contributed by atoms with Crippen LogP contribution in [-0.4, -0.2) is 71.2 Å². The van der Waals surface area contributed by atoms with Gasteiger partial charge in [0, 0.05) is 13.0 Å². The van der Waals surface area contributed by atoms with Gasteiger partial charge in [-0.15, -0.1) is 11.6 Å². The van der Waals surface area contributed by atoms with E-state index in [0.717, 1.165) is 23.3 Å². The molecule has 2 heterocycles. The molecule has 4 rings (SSSR count). The summed E-state index contributed by atoms with van der Waals surface area (Å²) in [5.41, 5.74) is 2.97. The maximum absolute atomic E-state index is 13.3. The van der Waals surface area contributed by atoms with Crippen molar-refractivity contribution < 1.29 is 29.0 Å². The molecule has 2 aromatic carbocycles. The summed E-state index contributed by atoms with van der Waals surface area (Å²) in [5, 5.41) is 12.8. The lowest BCUT2D eigenvalue weighted by atomic mass is 9.93. The quantitative estimate of drug-likeness (QED) is 0.276. The van der Waals surface area contributed by atoms with Crippen LogP contribution in [0.1, 0.15) is 37.0 Å². The van der Waals surface area contributed by atoms with Crippen molar-refractivity contribution in [2.24, 2.45) is 0 Å². The molecule has 4 atom stereocenters. The predicted molar refractivity (Wildman–Crippen MR) is 140 cm³/mol. The summed E-state index contributed by atoms with van der Waals surface area (Å²) in [5.74, 6) is -1.13. The number of hydrogen-bond acceptors (Lipinski definition) is 6. The number of benzene rings is 2. The number of carbonyl (C=O) groups excluding carboxylic acids is 2. The Balaban J connectivity index is 0.000000678. The summed E-state index contributed by atoms with van der Waals surface area (Å²) < 4.78 is 9.93. The maximum Gasteiger partial charge on any atom is 0.326 e. The molecular weight excluding hydrogens is 496 g/mol. The predicted octanol–water partition coefficient (Wildman–Crippen LogP) is 3.19. The highest BCUT2D eigenvalue weighted by Crippen LogP contribution is 2.24. The first-order chi connectivity index (χ1) is 17.8. The number of fused-ring (bicyclic) bond motifs is 1. The number of esters is 1. The number of epoxide rings is 1. The van der Waals surface area contributed by atoms with E-state index in [-0.39, 0.29) is 25.5 Å². The van der Waals surface area contributed by atoms with Crippen molar-refractivity contribution in [3.63, 3.8) is 0 Å². The number of halogens is 1. The first-order valence-electron chi connectivity index (χ1n) is 12.6. The van der Waals surface area contributed by atoms with Gasteiger partial charge < -0.3 is 19.5 Å². The molecule has 8 nitrogen and oxygen atoms in total. The minimum absolute atomic E-state index is 0.228. The highest BCUT2D eigenvalue weighted by molar-refractivity contribution is 6.18. The number of ether oxygens (including phenoxy) is 2. The summed E-state index contributed by atoms with van der Waals surface area (Å²) >= 11 is 5.27. The summed E-state index contributed by atoms with van der Waals surface area (Å²) in [6, 6.07) is 15.0. The van der Waals surface area contributed by atoms with E-state index in [4.69, 9.17) is 21.1 Å². The number of nitrogens with zero attached hydrogens (tertiary/aromatic N) is 1. The fraction of sp³-hybridized carbons (Fsp3) is 0.464. The maximum atomic E-state index is 13.3. The molecule has 2 N–H and O–H groups in total. The molecule has 37 heavy (non-hydrogen) atoms. The fourth-order valence-electron chi connectivity index (χ4n) is 4.22. The molecule has 2 aliphatic rings. The Bertz CT molecular complexity index is 1050. The van der Waals surface area contributed by atoms with Gasteiger partial charge in [0.15, 0.2) is 0 Å². The van der Waals surface area contributed by atoms with Gasteiger partial charge in [0.1, 0.15) is 12.1 Å². The number of alkyl halides is 1. The van der Waals surface area contributed by atoms with E-state index in [2.05, 4.69) is 5.32 Å². The van der Waals surface area contributed by atoms with Crippen molar-refractivity contribution >= 4 is 29.4 Å². The third-order valence-corrected chi connectivity index (χ3v) is 6.69. The third kappa shape index (κ3) is 8.55. The number of carbonyl (C=O) groups is 3. The zero-order chi connectivity index (χ0) is 26.8. The summed E-state index contributed by atoms with van der Waals surface area (Å²) in [6.45, 7) is 4.75. The molecule has 9 heteroatoms. The SMILES string of the molecule is CCOC(=O)[C@H](CCc1ccccc1)N[C@@H](C)C(=O)N1Cc2ccccc2C[C@H]1C(=O)O.ClCC1CO1. The molecule has 1 amide bonds. The van der Waals surface area contributed by atoms with E-state index < -0.39 is 30.1 Å². The second kappa shape index (κ2) is 14.1. The number of rotatable bonds is 10. The van der Waals surface area contributed by atoms with Crippen LogP contribution in [0.2, 0.25) is 0 Å². The molecule has 1 saturated heterocycles. The van der Waals surface area contributed by atoms with Crippen LogP contribution in [0.15, 0.2) is 54.6 Å². The Morgan fingerprint density at radius 3 is 2.35 bits per heavy atom. The standard InChI is InChI=1S/C25H30N2O5.C3H5ClO/c1-3-32-25(31)21(14-13-18-9-5-4-6-10-18)26-17(2)23(28)27-16-20-12-8-7-11-19(20)15-22(27)24(29)30;4-1-3-2-5-3/h4-12,17,21-22,26H,3,13-16H2,1-2H3,(H,29,30);3H,1-2H2/t17-,21-,22-;/m0./s1. The second-order valence-electron chi connectivity index (χ2n) is 9.12. The Hall–Kier alpha value is -2.94. The van der Waals surface area contributed by atoms with E-state index in [9.17, 15) is 19.5 Å². The lowest BCUT2D eigenvalue weighted by Crippen LogP contribution is -2.56. The van der Waals surface area contributed by atoms with Crippen molar-refractivity contribution in [3.8, 4) is 0 Å². The minimum atomic E-state index is -1.04. The van der Waals surface area contributed by atoms with Crippen LogP contribution in [0.5, 0.6) is 0 Å². The molecule has 2 aliphatic heterocycles. The molecule has 0 radical (unpaired) electrons. The molecule has 0 bridgehead atoms. The molecule has 2 aromatic rings. The molecular formula is C28H35ClN2O6. The molecule has 200 valence electrons. The van der Waals surface area contributed by atoms with Gasteiger partial charge in [-0.1, -0.05) is 54.6 Å². The number of aryl methyl sites for hydroxylation is 1. The highest BCUT2D eigenvalue weighted by Gasteiger charge is 2.37. The monoisotopic (exact) mass is 530 g/mol. The van der Waals surface area contributed by atoms with Crippen molar-refractivity contribution in [2.75, 3.05) is 19.1 Å². The first kappa shape index (κ1) is 28.6. The molecule has 0 saturated carbocycles. The Labute approximate surface area is 222 Å². The van der Waals surface area contributed by atoms with Gasteiger partial charge in [0.05, 0.1) is 31.2 Å². The van der Waals surface area contributed by atoms with Crippen molar-refractivity contribution in [3.05, 3.63) is 71.3 Å². The van der Waals surface area contributed by atoms with Gasteiger partial charge in [0.2, 0.25) is 5.91 Å². The van der Waals surface area contributed by atoms with Crippen LogP contribution in [-0.2, 0) is 43.2 Å². The zero-order valence-corrected chi connectivity index (χ0v) is 22.0. The highest BCUT2D eigenvalue weighted by atomic mass is 35.5. The van der Waals surface area contributed by atoms with Gasteiger partial charge in [-0.2, -0.15) is 0 Å². The van der Waals surface area contributed by atoms with Crippen LogP contribution >= 0.6 is 11.6 Å². The zero-order valence-electron chi connectivity index (χ0n) is 21.3. The minimum Gasteiger partial charge on any atom is -0.480 e. The molecule has 0 spiro atoms. The molecule has 0 aliphatic carbocycles. The number of carboxylic acid groups (broad SMARTS) is 1. The van der Waals surface area contributed by atoms with Crippen LogP contribution in [0.25, 0.3) is 0 Å². The van der Waals surface area contributed by atoms with Crippen LogP contribution in [0.4, 0.5) is 0 Å². The average Bonchev–Trinajstić information content (AvgIpc) is 3.75. The largest absolute Gasteiger partial charge is 0.480 e. The number of nitrogens with one attached hydrogen (secondary N) is 1. The van der Waals surface area contributed by atoms with Gasteiger partial charge in [-0.25, -0.2) is 4.79 Å². The number of hydrogen-bond donors (Lipinski definition) is 2. The number of aliphatic carboxylic acids is 1.